The predicted octanol–water partition coefficient (Wildman–Crippen LogP) is 7.60. The van der Waals surface area contributed by atoms with Gasteiger partial charge in [-0.05, 0) is 53.4 Å². The number of benzene rings is 3. The van der Waals surface area contributed by atoms with Crippen molar-refractivity contribution in [1.29, 1.82) is 0 Å². The number of para-hydroxylation sites is 1. The van der Waals surface area contributed by atoms with Crippen LogP contribution in [0, 0.1) is 0 Å². The Balaban J connectivity index is 1.31. The highest BCUT2D eigenvalue weighted by Crippen LogP contribution is 2.38. The number of methoxy groups -OCH3 is 1. The minimum atomic E-state index is -0.499. The van der Waals surface area contributed by atoms with Crippen LogP contribution < -0.4 is 15.4 Å². The molecule has 2 heterocycles. The van der Waals surface area contributed by atoms with E-state index in [0.29, 0.717) is 15.7 Å². The van der Waals surface area contributed by atoms with Gasteiger partial charge in [0.15, 0.2) is 5.13 Å². The van der Waals surface area contributed by atoms with Crippen molar-refractivity contribution in [2.75, 3.05) is 17.7 Å². The number of hydrogen-bond donors (Lipinski definition) is 2. The first kappa shape index (κ1) is 25.7. The summed E-state index contributed by atoms with van der Waals surface area (Å²) in [5, 5.41) is 9.69. The van der Waals surface area contributed by atoms with E-state index in [2.05, 4.69) is 15.6 Å². The number of thiophene rings is 1. The number of anilines is 2. The van der Waals surface area contributed by atoms with Crippen molar-refractivity contribution < 1.29 is 14.3 Å². The summed E-state index contributed by atoms with van der Waals surface area (Å²) in [6.45, 7) is 0. The molecule has 1 unspecified atom stereocenters. The molecule has 0 aliphatic carbocycles. The maximum Gasteiger partial charge on any atom is 0.265 e. The summed E-state index contributed by atoms with van der Waals surface area (Å²) in [5.74, 6) is 0.415. The van der Waals surface area contributed by atoms with Gasteiger partial charge in [-0.3, -0.25) is 9.59 Å². The highest BCUT2D eigenvalue weighted by molar-refractivity contribution is 8.00. The Morgan fingerprint density at radius 1 is 0.868 bits per heavy atom. The number of nitrogens with one attached hydrogen (secondary N) is 2. The van der Waals surface area contributed by atoms with E-state index in [9.17, 15) is 9.59 Å². The van der Waals surface area contributed by atoms with Crippen LogP contribution in [-0.4, -0.2) is 23.9 Å². The molecule has 0 bridgehead atoms. The first-order valence-electron chi connectivity index (χ1n) is 11.7. The Morgan fingerprint density at radius 2 is 1.63 bits per heavy atom. The SMILES string of the molecule is COc1ccccc1-c1csc(NC(=O)C(Sc2ccc(NC(=O)c3cccs3)cc2)c2ccccc2)n1. The molecule has 5 rings (SSSR count). The van der Waals surface area contributed by atoms with Crippen LogP contribution in [0.3, 0.4) is 0 Å². The average Bonchev–Trinajstić information content (AvgIpc) is 3.66. The third-order valence-corrected chi connectivity index (χ3v) is 8.46. The van der Waals surface area contributed by atoms with E-state index < -0.39 is 5.25 Å². The monoisotopic (exact) mass is 557 g/mol. The molecule has 0 spiro atoms. The third-order valence-electron chi connectivity index (χ3n) is 5.57. The molecule has 5 aromatic rings. The number of hydrogen-bond acceptors (Lipinski definition) is 7. The quantitative estimate of drug-likeness (QED) is 0.182. The number of ether oxygens (including phenoxy) is 1. The molecule has 6 nitrogen and oxygen atoms in total. The molecule has 0 saturated heterocycles. The maximum atomic E-state index is 13.5. The van der Waals surface area contributed by atoms with Crippen molar-refractivity contribution >= 4 is 57.1 Å². The van der Waals surface area contributed by atoms with Crippen LogP contribution in [-0.2, 0) is 4.79 Å². The Bertz CT molecular complexity index is 1520. The van der Waals surface area contributed by atoms with Gasteiger partial charge in [-0.1, -0.05) is 48.5 Å². The van der Waals surface area contributed by atoms with Crippen molar-refractivity contribution in [3.05, 3.63) is 112 Å². The molecule has 190 valence electrons. The van der Waals surface area contributed by atoms with Crippen LogP contribution in [0.25, 0.3) is 11.3 Å². The molecule has 0 fully saturated rings. The molecular weight excluding hydrogens is 535 g/mol. The topological polar surface area (TPSA) is 80.3 Å². The van der Waals surface area contributed by atoms with Gasteiger partial charge in [-0.25, -0.2) is 4.98 Å². The van der Waals surface area contributed by atoms with E-state index in [4.69, 9.17) is 4.74 Å². The van der Waals surface area contributed by atoms with E-state index in [1.807, 2.05) is 95.7 Å². The smallest absolute Gasteiger partial charge is 0.265 e. The summed E-state index contributed by atoms with van der Waals surface area (Å²) in [6, 6.07) is 28.4. The molecule has 2 N–H and O–H groups in total. The second kappa shape index (κ2) is 12.1. The number of carbonyl (C=O) groups is 2. The molecule has 0 saturated carbocycles. The molecule has 2 amide bonds. The van der Waals surface area contributed by atoms with Gasteiger partial charge in [0, 0.05) is 21.5 Å². The summed E-state index contributed by atoms with van der Waals surface area (Å²) in [4.78, 5) is 32.0. The largest absolute Gasteiger partial charge is 0.496 e. The first-order valence-corrected chi connectivity index (χ1v) is 14.3. The lowest BCUT2D eigenvalue weighted by Crippen LogP contribution is -2.19. The zero-order valence-corrected chi connectivity index (χ0v) is 22.7. The highest BCUT2D eigenvalue weighted by Gasteiger charge is 2.23. The van der Waals surface area contributed by atoms with Crippen molar-refractivity contribution in [1.82, 2.24) is 4.98 Å². The number of rotatable bonds is 9. The summed E-state index contributed by atoms with van der Waals surface area (Å²) in [5.41, 5.74) is 3.19. The van der Waals surface area contributed by atoms with Crippen LogP contribution in [0.5, 0.6) is 5.75 Å². The number of thioether (sulfide) groups is 1. The first-order chi connectivity index (χ1) is 18.6. The van der Waals surface area contributed by atoms with Crippen molar-refractivity contribution in [3.63, 3.8) is 0 Å². The predicted molar refractivity (Wildman–Crippen MR) is 156 cm³/mol. The normalized spacial score (nSPS) is 11.5. The van der Waals surface area contributed by atoms with Crippen LogP contribution >= 0.6 is 34.4 Å². The molecule has 38 heavy (non-hydrogen) atoms. The Kier molecular flexibility index (Phi) is 8.18. The van der Waals surface area contributed by atoms with Crippen LogP contribution in [0.4, 0.5) is 10.8 Å². The van der Waals surface area contributed by atoms with E-state index in [-0.39, 0.29) is 11.8 Å². The lowest BCUT2D eigenvalue weighted by atomic mass is 10.1. The fourth-order valence-corrected chi connectivity index (χ4v) is 6.09. The molecule has 0 radical (unpaired) electrons. The molecular formula is C29H23N3O3S3. The van der Waals surface area contributed by atoms with Gasteiger partial charge in [0.1, 0.15) is 11.0 Å². The van der Waals surface area contributed by atoms with Crippen LogP contribution in [0.2, 0.25) is 0 Å². The minimum Gasteiger partial charge on any atom is -0.496 e. The molecule has 3 aromatic carbocycles. The number of aromatic nitrogens is 1. The second-order valence-corrected chi connectivity index (χ2v) is 11.1. The second-order valence-electron chi connectivity index (χ2n) is 8.09. The van der Waals surface area contributed by atoms with Crippen molar-refractivity contribution in [2.45, 2.75) is 10.1 Å². The molecule has 0 aliphatic heterocycles. The molecule has 9 heteroatoms. The standard InChI is InChI=1S/C29H23N3O3S3/c1-35-24-11-6-5-10-22(24)23-18-37-29(31-23)32-28(34)26(19-8-3-2-4-9-19)38-21-15-13-20(14-16-21)30-27(33)25-12-7-17-36-25/h2-18,26H,1H3,(H,30,33)(H,31,32,34). The summed E-state index contributed by atoms with van der Waals surface area (Å²) in [6.07, 6.45) is 0. The number of nitrogens with zero attached hydrogens (tertiary/aromatic N) is 1. The van der Waals surface area contributed by atoms with Crippen molar-refractivity contribution in [2.24, 2.45) is 0 Å². The van der Waals surface area contributed by atoms with Gasteiger partial charge in [-0.2, -0.15) is 0 Å². The molecule has 1 atom stereocenters. The van der Waals surface area contributed by atoms with Crippen molar-refractivity contribution in [3.8, 4) is 17.0 Å². The summed E-state index contributed by atoms with van der Waals surface area (Å²) < 4.78 is 5.45. The van der Waals surface area contributed by atoms with E-state index in [1.54, 1.807) is 13.2 Å². The fourth-order valence-electron chi connectivity index (χ4n) is 3.74. The van der Waals surface area contributed by atoms with E-state index >= 15 is 0 Å². The number of amides is 2. The number of thiazole rings is 1. The third kappa shape index (κ3) is 6.13. The van der Waals surface area contributed by atoms with E-state index in [1.165, 1.54) is 34.4 Å². The lowest BCUT2D eigenvalue weighted by Gasteiger charge is -2.16. The van der Waals surface area contributed by atoms with Gasteiger partial charge in [-0.15, -0.1) is 34.4 Å². The van der Waals surface area contributed by atoms with Gasteiger partial charge in [0.05, 0.1) is 17.7 Å². The Hall–Kier alpha value is -3.92. The number of carbonyl (C=O) groups excluding carboxylic acids is 2. The fraction of sp³-hybridized carbons (Fsp3) is 0.0690. The Morgan fingerprint density at radius 3 is 2.37 bits per heavy atom. The highest BCUT2D eigenvalue weighted by atomic mass is 32.2. The van der Waals surface area contributed by atoms with Crippen LogP contribution in [0.15, 0.2) is 107 Å². The Labute approximate surface area is 232 Å². The molecule has 2 aromatic heterocycles. The summed E-state index contributed by atoms with van der Waals surface area (Å²) >= 11 is 4.20. The summed E-state index contributed by atoms with van der Waals surface area (Å²) in [7, 11) is 1.62. The average molecular weight is 558 g/mol. The zero-order chi connectivity index (χ0) is 26.3. The zero-order valence-electron chi connectivity index (χ0n) is 20.3. The van der Waals surface area contributed by atoms with Gasteiger partial charge >= 0.3 is 0 Å². The van der Waals surface area contributed by atoms with Gasteiger partial charge in [0.2, 0.25) is 5.91 Å². The van der Waals surface area contributed by atoms with E-state index in [0.717, 1.165) is 27.5 Å². The molecule has 0 aliphatic rings. The maximum absolute atomic E-state index is 13.5. The van der Waals surface area contributed by atoms with Crippen LogP contribution in [0.1, 0.15) is 20.5 Å². The lowest BCUT2D eigenvalue weighted by molar-refractivity contribution is -0.115. The minimum absolute atomic E-state index is 0.141. The van der Waals surface area contributed by atoms with Gasteiger partial charge in [0.25, 0.3) is 5.91 Å². The van der Waals surface area contributed by atoms with Gasteiger partial charge < -0.3 is 15.4 Å².